The van der Waals surface area contributed by atoms with Crippen LogP contribution in [0.15, 0.2) is 10.5 Å². The highest BCUT2D eigenvalue weighted by molar-refractivity contribution is 5.61. The van der Waals surface area contributed by atoms with Gasteiger partial charge in [-0.3, -0.25) is 0 Å². The van der Waals surface area contributed by atoms with Crippen LogP contribution >= 0.6 is 0 Å². The van der Waals surface area contributed by atoms with E-state index in [1.165, 1.54) is 7.11 Å². The maximum atomic E-state index is 9.07. The molecular formula is C11H16N2O3. The minimum absolute atomic E-state index is 0.195. The molecule has 0 fully saturated rings. The summed E-state index contributed by atoms with van der Waals surface area (Å²) in [4.78, 5) is 6.41. The standard InChI is InChI=1S/C11H16N2O3/c1-13-5-3-4-8(6-13)10-12-11(15-2)9(7-14)16-10/h4,14H,3,5-7H2,1-2H3. The van der Waals surface area contributed by atoms with Gasteiger partial charge in [-0.05, 0) is 13.5 Å². The Morgan fingerprint density at radius 1 is 1.62 bits per heavy atom. The van der Waals surface area contributed by atoms with Gasteiger partial charge in [0.1, 0.15) is 6.61 Å². The number of aromatic nitrogens is 1. The lowest BCUT2D eigenvalue weighted by Gasteiger charge is -2.20. The van der Waals surface area contributed by atoms with Gasteiger partial charge in [0.25, 0.3) is 5.88 Å². The van der Waals surface area contributed by atoms with Gasteiger partial charge >= 0.3 is 0 Å². The second-order valence-corrected chi connectivity index (χ2v) is 3.87. The number of aliphatic hydroxyl groups is 1. The summed E-state index contributed by atoms with van der Waals surface area (Å²) in [5, 5.41) is 9.07. The first-order valence-corrected chi connectivity index (χ1v) is 5.27. The lowest BCUT2D eigenvalue weighted by atomic mass is 10.1. The Morgan fingerprint density at radius 2 is 2.44 bits per heavy atom. The van der Waals surface area contributed by atoms with E-state index in [0.717, 1.165) is 25.1 Å². The molecule has 5 heteroatoms. The van der Waals surface area contributed by atoms with Crippen LogP contribution in [0, 0.1) is 0 Å². The minimum atomic E-state index is -0.195. The quantitative estimate of drug-likeness (QED) is 0.826. The third-order valence-electron chi connectivity index (χ3n) is 2.61. The largest absolute Gasteiger partial charge is 0.478 e. The second kappa shape index (κ2) is 4.67. The first kappa shape index (κ1) is 11.2. The average Bonchev–Trinajstić information content (AvgIpc) is 2.72. The van der Waals surface area contributed by atoms with Crippen LogP contribution in [0.1, 0.15) is 18.1 Å². The van der Waals surface area contributed by atoms with Gasteiger partial charge in [-0.15, -0.1) is 0 Å². The number of aliphatic hydroxyl groups excluding tert-OH is 1. The molecule has 0 spiro atoms. The number of likely N-dealkylation sites (N-methyl/N-ethyl adjacent to an activating group) is 1. The SMILES string of the molecule is COc1nc(C2=CCCN(C)C2)oc1CO. The van der Waals surface area contributed by atoms with Gasteiger partial charge in [0.15, 0.2) is 5.76 Å². The zero-order valence-corrected chi connectivity index (χ0v) is 9.56. The molecule has 1 aliphatic rings. The molecule has 1 N–H and O–H groups in total. The van der Waals surface area contributed by atoms with Gasteiger partial charge in [-0.2, -0.15) is 4.98 Å². The molecule has 1 aromatic heterocycles. The zero-order valence-electron chi connectivity index (χ0n) is 9.56. The summed E-state index contributed by atoms with van der Waals surface area (Å²) >= 11 is 0. The van der Waals surface area contributed by atoms with Crippen LogP contribution in [0.25, 0.3) is 5.57 Å². The van der Waals surface area contributed by atoms with E-state index in [9.17, 15) is 0 Å². The monoisotopic (exact) mass is 224 g/mol. The van der Waals surface area contributed by atoms with Crippen molar-refractivity contribution in [3.8, 4) is 5.88 Å². The van der Waals surface area contributed by atoms with Gasteiger partial charge < -0.3 is 19.2 Å². The fourth-order valence-electron chi connectivity index (χ4n) is 1.78. The van der Waals surface area contributed by atoms with Crippen LogP contribution in [0.5, 0.6) is 5.88 Å². The molecule has 2 heterocycles. The van der Waals surface area contributed by atoms with E-state index in [2.05, 4.69) is 23.0 Å². The van der Waals surface area contributed by atoms with E-state index in [4.69, 9.17) is 14.3 Å². The topological polar surface area (TPSA) is 58.7 Å². The van der Waals surface area contributed by atoms with Crippen LogP contribution in [-0.4, -0.2) is 42.2 Å². The summed E-state index contributed by atoms with van der Waals surface area (Å²) in [7, 11) is 3.57. The highest BCUT2D eigenvalue weighted by Crippen LogP contribution is 2.25. The molecule has 1 aliphatic heterocycles. The summed E-state index contributed by atoms with van der Waals surface area (Å²) in [6.07, 6.45) is 3.11. The summed E-state index contributed by atoms with van der Waals surface area (Å²) in [5.41, 5.74) is 1.05. The lowest BCUT2D eigenvalue weighted by molar-refractivity contribution is 0.236. The number of nitrogens with zero attached hydrogens (tertiary/aromatic N) is 2. The van der Waals surface area contributed by atoms with Crippen molar-refractivity contribution in [2.75, 3.05) is 27.2 Å². The number of hydrogen-bond donors (Lipinski definition) is 1. The van der Waals surface area contributed by atoms with Crippen molar-refractivity contribution in [1.82, 2.24) is 9.88 Å². The predicted molar refractivity (Wildman–Crippen MR) is 59.1 cm³/mol. The number of rotatable bonds is 3. The van der Waals surface area contributed by atoms with E-state index in [1.807, 2.05) is 0 Å². The Balaban J connectivity index is 2.26. The molecule has 88 valence electrons. The molecule has 0 radical (unpaired) electrons. The van der Waals surface area contributed by atoms with Crippen molar-refractivity contribution in [3.05, 3.63) is 17.7 Å². The lowest BCUT2D eigenvalue weighted by Crippen LogP contribution is -2.25. The van der Waals surface area contributed by atoms with Crippen molar-refractivity contribution >= 4 is 5.57 Å². The number of oxazole rings is 1. The molecule has 0 saturated carbocycles. The summed E-state index contributed by atoms with van der Waals surface area (Å²) in [6.45, 7) is 1.67. The maximum Gasteiger partial charge on any atom is 0.258 e. The normalized spacial score (nSPS) is 17.3. The van der Waals surface area contributed by atoms with Crippen molar-refractivity contribution in [1.29, 1.82) is 0 Å². The summed E-state index contributed by atoms with van der Waals surface area (Å²) in [6, 6.07) is 0. The van der Waals surface area contributed by atoms with E-state index in [-0.39, 0.29) is 6.61 Å². The summed E-state index contributed by atoms with van der Waals surface area (Å²) < 4.78 is 10.5. The maximum absolute atomic E-state index is 9.07. The van der Waals surface area contributed by atoms with Crippen LogP contribution in [0.4, 0.5) is 0 Å². The second-order valence-electron chi connectivity index (χ2n) is 3.87. The van der Waals surface area contributed by atoms with Gasteiger partial charge in [0.05, 0.1) is 7.11 Å². The van der Waals surface area contributed by atoms with Gasteiger partial charge in [0.2, 0.25) is 5.89 Å². The molecule has 0 amide bonds. The Morgan fingerprint density at radius 3 is 3.00 bits per heavy atom. The molecule has 16 heavy (non-hydrogen) atoms. The first-order valence-electron chi connectivity index (χ1n) is 5.27. The zero-order chi connectivity index (χ0) is 11.5. The predicted octanol–water partition coefficient (Wildman–Crippen LogP) is 0.894. The molecule has 0 atom stereocenters. The third kappa shape index (κ3) is 2.10. The molecule has 0 aromatic carbocycles. The van der Waals surface area contributed by atoms with E-state index in [1.54, 1.807) is 0 Å². The number of ether oxygens (including phenoxy) is 1. The van der Waals surface area contributed by atoms with Crippen molar-refractivity contribution in [2.45, 2.75) is 13.0 Å². The van der Waals surface area contributed by atoms with E-state index < -0.39 is 0 Å². The van der Waals surface area contributed by atoms with Gasteiger partial charge in [-0.25, -0.2) is 0 Å². The van der Waals surface area contributed by atoms with Crippen LogP contribution in [0.2, 0.25) is 0 Å². The van der Waals surface area contributed by atoms with Gasteiger partial charge in [0, 0.05) is 18.7 Å². The fraction of sp³-hybridized carbons (Fsp3) is 0.545. The number of methoxy groups -OCH3 is 1. The third-order valence-corrected chi connectivity index (χ3v) is 2.61. The fourth-order valence-corrected chi connectivity index (χ4v) is 1.78. The van der Waals surface area contributed by atoms with Crippen LogP contribution in [-0.2, 0) is 6.61 Å². The van der Waals surface area contributed by atoms with Gasteiger partial charge in [-0.1, -0.05) is 6.08 Å². The molecular weight excluding hydrogens is 208 g/mol. The Hall–Kier alpha value is -1.33. The molecule has 5 nitrogen and oxygen atoms in total. The highest BCUT2D eigenvalue weighted by Gasteiger charge is 2.18. The Bertz CT molecular complexity index is 376. The minimum Gasteiger partial charge on any atom is -0.478 e. The van der Waals surface area contributed by atoms with Crippen LogP contribution in [0.3, 0.4) is 0 Å². The Labute approximate surface area is 94.3 Å². The molecule has 0 saturated heterocycles. The number of hydrogen-bond acceptors (Lipinski definition) is 5. The molecule has 1 aromatic rings. The summed E-state index contributed by atoms with van der Waals surface area (Å²) in [5.74, 6) is 1.30. The van der Waals surface area contributed by atoms with Crippen molar-refractivity contribution in [2.24, 2.45) is 0 Å². The molecule has 0 aliphatic carbocycles. The van der Waals surface area contributed by atoms with E-state index >= 15 is 0 Å². The first-order chi connectivity index (χ1) is 7.74. The van der Waals surface area contributed by atoms with Crippen molar-refractivity contribution < 1.29 is 14.3 Å². The molecule has 0 unspecified atom stereocenters. The van der Waals surface area contributed by atoms with E-state index in [0.29, 0.717) is 17.5 Å². The Kier molecular flexibility index (Phi) is 3.26. The average molecular weight is 224 g/mol. The molecule has 0 bridgehead atoms. The van der Waals surface area contributed by atoms with Crippen LogP contribution < -0.4 is 4.74 Å². The van der Waals surface area contributed by atoms with Crippen molar-refractivity contribution in [3.63, 3.8) is 0 Å². The smallest absolute Gasteiger partial charge is 0.258 e. The molecule has 2 rings (SSSR count). The highest BCUT2D eigenvalue weighted by atomic mass is 16.5.